The first-order valence-electron chi connectivity index (χ1n) is 11.8. The molecule has 2 aromatic heterocycles. The summed E-state index contributed by atoms with van der Waals surface area (Å²) >= 11 is 1.57. The SMILES string of the molecule is Cc1sc(-c2ccccn2)nc1-c1ccc2c(c1)N(CC(=O)Nc1ccc(C(C)C)cc1)C(=O)CO2. The average molecular weight is 499 g/mol. The molecule has 0 atom stereocenters. The van der Waals surface area contributed by atoms with Crippen LogP contribution in [0.5, 0.6) is 5.75 Å². The van der Waals surface area contributed by atoms with Crippen LogP contribution in [0.1, 0.15) is 30.2 Å². The summed E-state index contributed by atoms with van der Waals surface area (Å²) in [6.07, 6.45) is 1.75. The van der Waals surface area contributed by atoms with Gasteiger partial charge >= 0.3 is 0 Å². The smallest absolute Gasteiger partial charge is 0.265 e. The van der Waals surface area contributed by atoms with E-state index in [1.54, 1.807) is 17.5 Å². The first-order chi connectivity index (χ1) is 17.4. The van der Waals surface area contributed by atoms with Gasteiger partial charge < -0.3 is 10.1 Å². The second-order valence-corrected chi connectivity index (χ2v) is 10.1. The Hall–Kier alpha value is -4.04. The minimum atomic E-state index is -0.277. The molecule has 0 fully saturated rings. The number of nitrogens with one attached hydrogen (secondary N) is 1. The number of aromatic nitrogens is 2. The number of ether oxygens (including phenoxy) is 1. The highest BCUT2D eigenvalue weighted by Crippen LogP contribution is 2.39. The number of amides is 2. The molecule has 2 amide bonds. The summed E-state index contributed by atoms with van der Waals surface area (Å²) in [5, 5.41) is 3.72. The second-order valence-electron chi connectivity index (χ2n) is 8.91. The molecule has 7 nitrogen and oxygen atoms in total. The molecule has 1 aliphatic heterocycles. The Kier molecular flexibility index (Phi) is 6.52. The number of carbonyl (C=O) groups excluding carboxylic acids is 2. The minimum absolute atomic E-state index is 0.109. The molecule has 2 aromatic carbocycles. The molecule has 0 aliphatic carbocycles. The van der Waals surface area contributed by atoms with E-state index < -0.39 is 0 Å². The first kappa shape index (κ1) is 23.7. The molecule has 36 heavy (non-hydrogen) atoms. The van der Waals surface area contributed by atoms with Gasteiger partial charge in [-0.2, -0.15) is 0 Å². The molecule has 1 aliphatic rings. The minimum Gasteiger partial charge on any atom is -0.482 e. The van der Waals surface area contributed by atoms with Gasteiger partial charge in [0.1, 0.15) is 17.3 Å². The highest BCUT2D eigenvalue weighted by Gasteiger charge is 2.28. The van der Waals surface area contributed by atoms with Crippen molar-refractivity contribution < 1.29 is 14.3 Å². The van der Waals surface area contributed by atoms with E-state index in [-0.39, 0.29) is 25.0 Å². The molecule has 0 spiro atoms. The summed E-state index contributed by atoms with van der Waals surface area (Å²) in [5.41, 5.74) is 4.92. The Morgan fingerprint density at radius 1 is 1.14 bits per heavy atom. The van der Waals surface area contributed by atoms with Crippen molar-refractivity contribution in [3.63, 3.8) is 0 Å². The largest absolute Gasteiger partial charge is 0.482 e. The van der Waals surface area contributed by atoms with Crippen LogP contribution in [-0.2, 0) is 9.59 Å². The lowest BCUT2D eigenvalue weighted by Crippen LogP contribution is -2.43. The fourth-order valence-corrected chi connectivity index (χ4v) is 4.99. The highest BCUT2D eigenvalue weighted by atomic mass is 32.1. The number of hydrogen-bond acceptors (Lipinski definition) is 6. The molecule has 182 valence electrons. The maximum Gasteiger partial charge on any atom is 0.265 e. The van der Waals surface area contributed by atoms with Gasteiger partial charge in [-0.15, -0.1) is 11.3 Å². The van der Waals surface area contributed by atoms with Gasteiger partial charge in [0.05, 0.1) is 17.1 Å². The van der Waals surface area contributed by atoms with Crippen LogP contribution in [0.4, 0.5) is 11.4 Å². The number of fused-ring (bicyclic) bond motifs is 1. The van der Waals surface area contributed by atoms with Crippen LogP contribution in [0, 0.1) is 6.92 Å². The van der Waals surface area contributed by atoms with E-state index in [2.05, 4.69) is 24.1 Å². The van der Waals surface area contributed by atoms with Crippen molar-refractivity contribution in [2.24, 2.45) is 0 Å². The number of benzene rings is 2. The fraction of sp³-hybridized carbons (Fsp3) is 0.214. The summed E-state index contributed by atoms with van der Waals surface area (Å²) < 4.78 is 5.65. The Morgan fingerprint density at radius 2 is 1.94 bits per heavy atom. The van der Waals surface area contributed by atoms with Crippen molar-refractivity contribution in [3.8, 4) is 27.7 Å². The third-order valence-corrected chi connectivity index (χ3v) is 7.01. The van der Waals surface area contributed by atoms with Gasteiger partial charge in [-0.1, -0.05) is 32.0 Å². The average Bonchev–Trinajstić information content (AvgIpc) is 3.28. The molecular weight excluding hydrogens is 472 g/mol. The Morgan fingerprint density at radius 3 is 2.67 bits per heavy atom. The highest BCUT2D eigenvalue weighted by molar-refractivity contribution is 7.15. The van der Waals surface area contributed by atoms with Gasteiger partial charge in [0, 0.05) is 22.3 Å². The predicted octanol–water partition coefficient (Wildman–Crippen LogP) is 5.67. The number of rotatable bonds is 6. The van der Waals surface area contributed by atoms with Crippen LogP contribution in [0.25, 0.3) is 22.0 Å². The predicted molar refractivity (Wildman–Crippen MR) is 143 cm³/mol. The zero-order chi connectivity index (χ0) is 25.2. The normalized spacial score (nSPS) is 12.9. The number of nitrogens with zero attached hydrogens (tertiary/aromatic N) is 3. The third kappa shape index (κ3) is 4.85. The molecule has 0 bridgehead atoms. The van der Waals surface area contributed by atoms with Gasteiger partial charge in [0.25, 0.3) is 5.91 Å². The van der Waals surface area contributed by atoms with E-state index in [9.17, 15) is 9.59 Å². The molecule has 3 heterocycles. The number of aryl methyl sites for hydroxylation is 1. The molecule has 0 unspecified atom stereocenters. The number of anilines is 2. The van der Waals surface area contributed by atoms with Crippen molar-refractivity contribution in [1.29, 1.82) is 0 Å². The van der Waals surface area contributed by atoms with Crippen LogP contribution < -0.4 is 15.0 Å². The quantitative estimate of drug-likeness (QED) is 0.370. The van der Waals surface area contributed by atoms with Gasteiger partial charge in [-0.25, -0.2) is 4.98 Å². The van der Waals surface area contributed by atoms with Crippen LogP contribution in [0.3, 0.4) is 0 Å². The van der Waals surface area contributed by atoms with E-state index in [4.69, 9.17) is 9.72 Å². The van der Waals surface area contributed by atoms with Crippen molar-refractivity contribution >= 4 is 34.5 Å². The van der Waals surface area contributed by atoms with Crippen molar-refractivity contribution in [3.05, 3.63) is 77.3 Å². The van der Waals surface area contributed by atoms with E-state index in [1.807, 2.05) is 67.6 Å². The third-order valence-electron chi connectivity index (χ3n) is 6.02. The standard InChI is InChI=1S/C28H26N4O3S/c1-17(2)19-7-10-21(11-8-19)30-25(33)15-32-23-14-20(9-12-24(23)35-16-26(32)34)27-18(3)36-28(31-27)22-6-4-5-13-29-22/h4-14,17H,15-16H2,1-3H3,(H,30,33). The van der Waals surface area contributed by atoms with E-state index in [1.165, 1.54) is 10.5 Å². The van der Waals surface area contributed by atoms with Gasteiger partial charge in [-0.05, 0) is 60.9 Å². The molecule has 0 radical (unpaired) electrons. The number of pyridine rings is 1. The molecule has 1 N–H and O–H groups in total. The maximum atomic E-state index is 12.9. The molecule has 0 saturated heterocycles. The van der Waals surface area contributed by atoms with Gasteiger partial charge in [0.15, 0.2) is 6.61 Å². The topological polar surface area (TPSA) is 84.4 Å². The number of carbonyl (C=O) groups is 2. The van der Waals surface area contributed by atoms with E-state index in [0.29, 0.717) is 23.0 Å². The lowest BCUT2D eigenvalue weighted by molar-refractivity contribution is -0.123. The summed E-state index contributed by atoms with van der Waals surface area (Å²) in [5.74, 6) is 0.424. The van der Waals surface area contributed by atoms with Gasteiger partial charge in [0.2, 0.25) is 5.91 Å². The Bertz CT molecular complexity index is 1410. The molecule has 4 aromatic rings. The van der Waals surface area contributed by atoms with Gasteiger partial charge in [-0.3, -0.25) is 19.5 Å². The zero-order valence-electron chi connectivity index (χ0n) is 20.3. The molecular formula is C28H26N4O3S. The van der Waals surface area contributed by atoms with Crippen molar-refractivity contribution in [2.45, 2.75) is 26.7 Å². The first-order valence-corrected chi connectivity index (χ1v) is 12.6. The zero-order valence-corrected chi connectivity index (χ0v) is 21.1. The summed E-state index contributed by atoms with van der Waals surface area (Å²) in [6, 6.07) is 19.1. The summed E-state index contributed by atoms with van der Waals surface area (Å²) in [4.78, 5) is 37.3. The van der Waals surface area contributed by atoms with Crippen molar-refractivity contribution in [2.75, 3.05) is 23.4 Å². The lowest BCUT2D eigenvalue weighted by atomic mass is 10.0. The van der Waals surface area contributed by atoms with E-state index in [0.717, 1.165) is 26.8 Å². The Labute approximate surface area is 213 Å². The maximum absolute atomic E-state index is 12.9. The summed E-state index contributed by atoms with van der Waals surface area (Å²) in [6.45, 7) is 6.03. The van der Waals surface area contributed by atoms with E-state index >= 15 is 0 Å². The van der Waals surface area contributed by atoms with Crippen LogP contribution in [0.2, 0.25) is 0 Å². The van der Waals surface area contributed by atoms with Crippen LogP contribution in [0.15, 0.2) is 66.9 Å². The van der Waals surface area contributed by atoms with Crippen LogP contribution >= 0.6 is 11.3 Å². The molecule has 5 rings (SSSR count). The second kappa shape index (κ2) is 9.91. The molecule has 0 saturated carbocycles. The number of thiazole rings is 1. The fourth-order valence-electron chi connectivity index (χ4n) is 4.08. The Balaban J connectivity index is 1.39. The number of hydrogen-bond donors (Lipinski definition) is 1. The van der Waals surface area contributed by atoms with Crippen LogP contribution in [-0.4, -0.2) is 34.9 Å². The monoisotopic (exact) mass is 498 g/mol. The summed E-state index contributed by atoms with van der Waals surface area (Å²) in [7, 11) is 0. The lowest BCUT2D eigenvalue weighted by Gasteiger charge is -2.29. The molecule has 8 heteroatoms. The van der Waals surface area contributed by atoms with Crippen molar-refractivity contribution in [1.82, 2.24) is 9.97 Å².